The fourth-order valence-corrected chi connectivity index (χ4v) is 2.14. The Hall–Kier alpha value is -3.61. The second-order valence-corrected chi connectivity index (χ2v) is 4.88. The van der Waals surface area contributed by atoms with Crippen molar-refractivity contribution in [3.05, 3.63) is 73.0 Å². The molecule has 4 aromatic heterocycles. The third-order valence-corrected chi connectivity index (χ3v) is 3.33. The number of rotatable bonds is 4. The van der Waals surface area contributed by atoms with Gasteiger partial charge >= 0.3 is 0 Å². The molecule has 4 heterocycles. The van der Waals surface area contributed by atoms with E-state index in [1.807, 2.05) is 0 Å². The molecule has 7 nitrogen and oxygen atoms in total. The highest BCUT2D eigenvalue weighted by Gasteiger charge is 2.19. The van der Waals surface area contributed by atoms with Crippen molar-refractivity contribution in [2.75, 3.05) is 0 Å². The third kappa shape index (κ3) is 2.58. The maximum Gasteiger partial charge on any atom is 0.236 e. The van der Waals surface area contributed by atoms with Crippen LogP contribution in [-0.2, 0) is 0 Å². The summed E-state index contributed by atoms with van der Waals surface area (Å²) in [5, 5.41) is 0. The second-order valence-electron chi connectivity index (χ2n) is 4.88. The van der Waals surface area contributed by atoms with E-state index in [4.69, 9.17) is 8.83 Å². The van der Waals surface area contributed by atoms with Crippen molar-refractivity contribution in [3.8, 4) is 22.9 Å². The van der Waals surface area contributed by atoms with Crippen molar-refractivity contribution in [1.82, 2.24) is 19.9 Å². The Kier molecular flexibility index (Phi) is 3.43. The summed E-state index contributed by atoms with van der Waals surface area (Å²) in [5.74, 6) is 0.320. The Morgan fingerprint density at radius 1 is 0.708 bits per heavy atom. The summed E-state index contributed by atoms with van der Waals surface area (Å²) < 4.78 is 10.7. The van der Waals surface area contributed by atoms with E-state index < -0.39 is 0 Å². The number of ketones is 1. The number of pyridine rings is 2. The molecular weight excluding hydrogens is 308 g/mol. The Labute approximate surface area is 136 Å². The molecule has 0 radical (unpaired) electrons. The van der Waals surface area contributed by atoms with Crippen LogP contribution in [0.3, 0.4) is 0 Å². The van der Waals surface area contributed by atoms with Gasteiger partial charge in [0.2, 0.25) is 17.6 Å². The highest BCUT2D eigenvalue weighted by molar-refractivity contribution is 6.06. The summed E-state index contributed by atoms with van der Waals surface area (Å²) >= 11 is 0. The fraction of sp³-hybridized carbons (Fsp3) is 0. The molecule has 0 bridgehead atoms. The van der Waals surface area contributed by atoms with Gasteiger partial charge in [-0.05, 0) is 24.3 Å². The van der Waals surface area contributed by atoms with Crippen LogP contribution in [0.1, 0.15) is 16.2 Å². The van der Waals surface area contributed by atoms with E-state index in [0.29, 0.717) is 11.8 Å². The Balaban J connectivity index is 1.61. The molecule has 7 heteroatoms. The van der Waals surface area contributed by atoms with Gasteiger partial charge in [-0.25, -0.2) is 9.97 Å². The fourth-order valence-electron chi connectivity index (χ4n) is 2.14. The minimum atomic E-state index is -0.372. The van der Waals surface area contributed by atoms with Crippen LogP contribution in [-0.4, -0.2) is 25.7 Å². The predicted octanol–water partition coefficient (Wildman–Crippen LogP) is 3.02. The largest absolute Gasteiger partial charge is 0.444 e. The van der Waals surface area contributed by atoms with Gasteiger partial charge in [0.15, 0.2) is 11.4 Å². The van der Waals surface area contributed by atoms with E-state index in [9.17, 15) is 4.79 Å². The number of carbonyl (C=O) groups is 1. The van der Waals surface area contributed by atoms with Gasteiger partial charge in [0.05, 0.1) is 0 Å². The molecule has 0 saturated carbocycles. The second kappa shape index (κ2) is 5.88. The van der Waals surface area contributed by atoms with Crippen molar-refractivity contribution < 1.29 is 13.6 Å². The molecule has 0 spiro atoms. The lowest BCUT2D eigenvalue weighted by atomic mass is 10.2. The van der Waals surface area contributed by atoms with Crippen molar-refractivity contribution in [1.29, 1.82) is 0 Å². The summed E-state index contributed by atoms with van der Waals surface area (Å²) in [6.07, 6.45) is 9.11. The number of oxazole rings is 2. The molecule has 0 aliphatic rings. The lowest BCUT2D eigenvalue weighted by Gasteiger charge is -1.92. The van der Waals surface area contributed by atoms with Crippen LogP contribution in [0.2, 0.25) is 0 Å². The molecule has 0 aliphatic heterocycles. The van der Waals surface area contributed by atoms with Crippen molar-refractivity contribution in [3.63, 3.8) is 0 Å². The van der Waals surface area contributed by atoms with Gasteiger partial charge in [-0.2, -0.15) is 0 Å². The van der Waals surface area contributed by atoms with E-state index in [1.165, 1.54) is 12.5 Å². The van der Waals surface area contributed by atoms with Crippen molar-refractivity contribution in [2.24, 2.45) is 0 Å². The van der Waals surface area contributed by atoms with Gasteiger partial charge in [-0.1, -0.05) is 0 Å². The smallest absolute Gasteiger partial charge is 0.236 e. The number of nitrogens with zero attached hydrogens (tertiary/aromatic N) is 4. The van der Waals surface area contributed by atoms with E-state index in [1.54, 1.807) is 49.1 Å². The summed E-state index contributed by atoms with van der Waals surface area (Å²) in [6, 6.07) is 6.99. The molecule has 116 valence electrons. The first-order valence-electron chi connectivity index (χ1n) is 7.08. The van der Waals surface area contributed by atoms with E-state index in [-0.39, 0.29) is 17.2 Å². The minimum Gasteiger partial charge on any atom is -0.444 e. The van der Waals surface area contributed by atoms with Crippen LogP contribution in [0.5, 0.6) is 0 Å². The lowest BCUT2D eigenvalue weighted by Crippen LogP contribution is -2.02. The molecule has 0 aliphatic carbocycles. The Bertz CT molecular complexity index is 898. The number of carbonyl (C=O) groups excluding carboxylic acids is 1. The van der Waals surface area contributed by atoms with Crippen molar-refractivity contribution >= 4 is 5.78 Å². The molecule has 0 unspecified atom stereocenters. The molecule has 4 rings (SSSR count). The average Bonchev–Trinajstić information content (AvgIpc) is 3.33. The highest BCUT2D eigenvalue weighted by atomic mass is 16.3. The van der Waals surface area contributed by atoms with E-state index in [0.717, 1.165) is 11.1 Å². The zero-order valence-corrected chi connectivity index (χ0v) is 12.3. The molecule has 0 N–H and O–H groups in total. The summed E-state index contributed by atoms with van der Waals surface area (Å²) in [6.45, 7) is 0. The Morgan fingerprint density at radius 3 is 1.54 bits per heavy atom. The van der Waals surface area contributed by atoms with Gasteiger partial charge in [-0.3, -0.25) is 14.8 Å². The standard InChI is InChI=1S/C17H10N4O3/c22-15(13-9-23-16(20-13)11-1-5-18-6-2-11)14-10-24-17(21-14)12-3-7-19-8-4-12/h1-10H. The molecule has 0 fully saturated rings. The number of hydrogen-bond acceptors (Lipinski definition) is 7. The molecule has 24 heavy (non-hydrogen) atoms. The monoisotopic (exact) mass is 318 g/mol. The van der Waals surface area contributed by atoms with Crippen LogP contribution in [0, 0.1) is 0 Å². The van der Waals surface area contributed by atoms with Crippen LogP contribution >= 0.6 is 0 Å². The number of hydrogen-bond donors (Lipinski definition) is 0. The van der Waals surface area contributed by atoms with Crippen molar-refractivity contribution in [2.45, 2.75) is 0 Å². The minimum absolute atomic E-state index is 0.163. The molecule has 0 aromatic carbocycles. The topological polar surface area (TPSA) is 94.9 Å². The SMILES string of the molecule is O=C(c1coc(-c2ccncc2)n1)c1coc(-c2ccncc2)n1. The maximum atomic E-state index is 12.5. The summed E-state index contributed by atoms with van der Waals surface area (Å²) in [7, 11) is 0. The first-order valence-corrected chi connectivity index (χ1v) is 7.08. The van der Waals surface area contributed by atoms with Crippen LogP contribution < -0.4 is 0 Å². The summed E-state index contributed by atoms with van der Waals surface area (Å²) in [4.78, 5) is 28.7. The van der Waals surface area contributed by atoms with Gasteiger partial charge in [0.25, 0.3) is 0 Å². The molecule has 0 atom stereocenters. The Morgan fingerprint density at radius 2 is 1.12 bits per heavy atom. The first kappa shape index (κ1) is 14.0. The average molecular weight is 318 g/mol. The van der Waals surface area contributed by atoms with Gasteiger partial charge in [-0.15, -0.1) is 0 Å². The zero-order valence-electron chi connectivity index (χ0n) is 12.3. The molecule has 0 amide bonds. The van der Waals surface area contributed by atoms with E-state index in [2.05, 4.69) is 19.9 Å². The van der Waals surface area contributed by atoms with Crippen LogP contribution in [0.4, 0.5) is 0 Å². The van der Waals surface area contributed by atoms with Crippen LogP contribution in [0.15, 0.2) is 70.4 Å². The normalized spacial score (nSPS) is 10.7. The molecular formula is C17H10N4O3. The van der Waals surface area contributed by atoms with Gasteiger partial charge < -0.3 is 8.83 Å². The predicted molar refractivity (Wildman–Crippen MR) is 82.9 cm³/mol. The van der Waals surface area contributed by atoms with Gasteiger partial charge in [0, 0.05) is 35.9 Å². The summed E-state index contributed by atoms with van der Waals surface area (Å²) in [5.41, 5.74) is 1.80. The highest BCUT2D eigenvalue weighted by Crippen LogP contribution is 2.21. The number of aromatic nitrogens is 4. The molecule has 0 saturated heterocycles. The first-order chi connectivity index (χ1) is 11.8. The van der Waals surface area contributed by atoms with Gasteiger partial charge in [0.1, 0.15) is 12.5 Å². The third-order valence-electron chi connectivity index (χ3n) is 3.33. The molecule has 4 aromatic rings. The van der Waals surface area contributed by atoms with Crippen LogP contribution in [0.25, 0.3) is 22.9 Å². The zero-order chi connectivity index (χ0) is 16.4. The maximum absolute atomic E-state index is 12.5. The lowest BCUT2D eigenvalue weighted by molar-refractivity contribution is 0.103. The quantitative estimate of drug-likeness (QED) is 0.534. The van der Waals surface area contributed by atoms with E-state index >= 15 is 0 Å².